The minimum atomic E-state index is 0.623. The highest BCUT2D eigenvalue weighted by atomic mass is 16.3. The number of fused-ring (bicyclic) bond motifs is 9. The fraction of sp³-hybridized carbons (Fsp3) is 0. The zero-order valence-corrected chi connectivity index (χ0v) is 37.2. The molecule has 0 radical (unpaired) electrons. The minimum Gasteiger partial charge on any atom is -0.456 e. The maximum atomic E-state index is 6.33. The van der Waals surface area contributed by atoms with Crippen molar-refractivity contribution in [1.82, 2.24) is 24.1 Å². The summed E-state index contributed by atoms with van der Waals surface area (Å²) in [5, 5.41) is 6.82. The van der Waals surface area contributed by atoms with E-state index in [9.17, 15) is 0 Å². The molecule has 0 N–H and O–H groups in total. The molecule has 14 rings (SSSR count). The summed E-state index contributed by atoms with van der Waals surface area (Å²) in [4.78, 5) is 15.5. The van der Waals surface area contributed by atoms with Crippen LogP contribution in [-0.2, 0) is 0 Å². The second-order valence-electron chi connectivity index (χ2n) is 17.6. The van der Waals surface area contributed by atoms with Crippen molar-refractivity contribution < 1.29 is 4.42 Å². The highest BCUT2D eigenvalue weighted by Crippen LogP contribution is 2.43. The molecule has 6 nitrogen and oxygen atoms in total. The molecule has 322 valence electrons. The number of hydrogen-bond donors (Lipinski definition) is 0. The molecule has 6 heteroatoms. The number of rotatable bonds is 7. The molecular weight excluding hydrogens is 843 g/mol. The van der Waals surface area contributed by atoms with Crippen LogP contribution in [0.3, 0.4) is 0 Å². The lowest BCUT2D eigenvalue weighted by Crippen LogP contribution is -2.00. The van der Waals surface area contributed by atoms with Crippen LogP contribution < -0.4 is 0 Å². The van der Waals surface area contributed by atoms with Crippen LogP contribution in [0.4, 0.5) is 0 Å². The van der Waals surface area contributed by atoms with Crippen molar-refractivity contribution in [3.05, 3.63) is 237 Å². The zero-order valence-electron chi connectivity index (χ0n) is 37.2. The van der Waals surface area contributed by atoms with Gasteiger partial charge in [0.05, 0.1) is 22.1 Å². The third-order valence-corrected chi connectivity index (χ3v) is 13.6. The molecule has 4 aromatic heterocycles. The lowest BCUT2D eigenvalue weighted by Gasteiger charge is -2.10. The second-order valence-corrected chi connectivity index (χ2v) is 17.6. The predicted molar refractivity (Wildman–Crippen MR) is 283 cm³/mol. The molecule has 14 aromatic rings. The van der Waals surface area contributed by atoms with Gasteiger partial charge in [-0.1, -0.05) is 164 Å². The van der Waals surface area contributed by atoms with Crippen molar-refractivity contribution in [3.8, 4) is 67.8 Å². The van der Waals surface area contributed by atoms with E-state index in [1.807, 2.05) is 48.5 Å². The molecule has 0 unspecified atom stereocenters. The van der Waals surface area contributed by atoms with Gasteiger partial charge in [-0.3, -0.25) is 0 Å². The first-order valence-electron chi connectivity index (χ1n) is 23.3. The van der Waals surface area contributed by atoms with Gasteiger partial charge < -0.3 is 13.6 Å². The second kappa shape index (κ2) is 15.6. The van der Waals surface area contributed by atoms with Crippen molar-refractivity contribution in [2.75, 3.05) is 0 Å². The van der Waals surface area contributed by atoms with Gasteiger partial charge in [0.15, 0.2) is 17.5 Å². The van der Waals surface area contributed by atoms with E-state index >= 15 is 0 Å². The Balaban J connectivity index is 0.983. The molecule has 0 atom stereocenters. The summed E-state index contributed by atoms with van der Waals surface area (Å²) in [5.74, 6) is 1.88. The Morgan fingerprint density at radius 1 is 0.275 bits per heavy atom. The molecule has 4 heterocycles. The number of para-hydroxylation sites is 3. The normalized spacial score (nSPS) is 11.8. The Labute approximate surface area is 396 Å². The number of furan rings is 1. The van der Waals surface area contributed by atoms with Crippen molar-refractivity contribution in [3.63, 3.8) is 0 Å². The number of nitrogens with zero attached hydrogens (tertiary/aromatic N) is 5. The largest absolute Gasteiger partial charge is 0.456 e. The van der Waals surface area contributed by atoms with Crippen LogP contribution in [0.1, 0.15) is 0 Å². The third kappa shape index (κ3) is 6.30. The molecule has 0 aliphatic carbocycles. The van der Waals surface area contributed by atoms with Gasteiger partial charge in [0.1, 0.15) is 11.2 Å². The molecule has 0 fully saturated rings. The van der Waals surface area contributed by atoms with Crippen molar-refractivity contribution in [1.29, 1.82) is 0 Å². The standard InChI is InChI=1S/C63H39N5O/c1-5-17-40(18-6-1)61-64-62(41-19-7-2-8-20-41)66-63(65-61)50-27-15-28-55-59(50)52-38-43(33-36-54(52)67(55)45-21-9-3-10-22-45)42-32-35-53-51(37-42)48-34-31-44(39-56(48)68(53)46-23-11-4-12-24-46)47-26-16-30-58-60(47)49-25-13-14-29-57(49)69-58/h1-39H. The van der Waals surface area contributed by atoms with E-state index in [0.717, 1.165) is 105 Å². The van der Waals surface area contributed by atoms with Gasteiger partial charge in [-0.25, -0.2) is 15.0 Å². The summed E-state index contributed by atoms with van der Waals surface area (Å²) in [6, 6.07) is 83.5. The number of benzene rings is 10. The van der Waals surface area contributed by atoms with E-state index in [1.165, 1.54) is 10.8 Å². The van der Waals surface area contributed by atoms with Gasteiger partial charge in [0.25, 0.3) is 0 Å². The lowest BCUT2D eigenvalue weighted by atomic mass is 9.97. The fourth-order valence-electron chi connectivity index (χ4n) is 10.5. The average molecular weight is 882 g/mol. The Morgan fingerprint density at radius 2 is 0.797 bits per heavy atom. The van der Waals surface area contributed by atoms with Gasteiger partial charge in [-0.15, -0.1) is 0 Å². The van der Waals surface area contributed by atoms with Gasteiger partial charge in [-0.2, -0.15) is 0 Å². The van der Waals surface area contributed by atoms with Crippen LogP contribution in [0.15, 0.2) is 241 Å². The van der Waals surface area contributed by atoms with Gasteiger partial charge >= 0.3 is 0 Å². The first-order chi connectivity index (χ1) is 34.2. The van der Waals surface area contributed by atoms with E-state index in [2.05, 4.69) is 197 Å². The number of aromatic nitrogens is 5. The first kappa shape index (κ1) is 38.8. The molecule has 0 aliphatic heterocycles. The molecule has 10 aromatic carbocycles. The van der Waals surface area contributed by atoms with E-state index in [1.54, 1.807) is 0 Å². The van der Waals surface area contributed by atoms with Crippen LogP contribution in [0.25, 0.3) is 133 Å². The van der Waals surface area contributed by atoms with Gasteiger partial charge in [0.2, 0.25) is 0 Å². The predicted octanol–water partition coefficient (Wildman–Crippen LogP) is 16.3. The van der Waals surface area contributed by atoms with Crippen LogP contribution >= 0.6 is 0 Å². The van der Waals surface area contributed by atoms with Crippen molar-refractivity contribution in [2.45, 2.75) is 0 Å². The molecule has 69 heavy (non-hydrogen) atoms. The average Bonchev–Trinajstić information content (AvgIpc) is 4.09. The Kier molecular flexibility index (Phi) is 8.79. The van der Waals surface area contributed by atoms with E-state index in [4.69, 9.17) is 19.4 Å². The molecule has 0 amide bonds. The smallest absolute Gasteiger partial charge is 0.164 e. The molecular formula is C63H39N5O. The fourth-order valence-corrected chi connectivity index (χ4v) is 10.5. The highest BCUT2D eigenvalue weighted by molar-refractivity contribution is 6.18. The quantitative estimate of drug-likeness (QED) is 0.160. The maximum absolute atomic E-state index is 6.33. The van der Waals surface area contributed by atoms with E-state index in [0.29, 0.717) is 17.5 Å². The maximum Gasteiger partial charge on any atom is 0.164 e. The summed E-state index contributed by atoms with van der Waals surface area (Å²) < 4.78 is 11.1. The topological polar surface area (TPSA) is 61.7 Å². The third-order valence-electron chi connectivity index (χ3n) is 13.6. The molecule has 0 saturated carbocycles. The summed E-state index contributed by atoms with van der Waals surface area (Å²) in [5.41, 5.74) is 15.8. The molecule has 0 bridgehead atoms. The van der Waals surface area contributed by atoms with Crippen LogP contribution in [-0.4, -0.2) is 24.1 Å². The molecule has 0 spiro atoms. The van der Waals surface area contributed by atoms with Gasteiger partial charge in [-0.05, 0) is 95.1 Å². The van der Waals surface area contributed by atoms with Crippen LogP contribution in [0.2, 0.25) is 0 Å². The Hall–Kier alpha value is -9.39. The van der Waals surface area contributed by atoms with Gasteiger partial charge in [0, 0.05) is 60.4 Å². The molecule has 0 aliphatic rings. The van der Waals surface area contributed by atoms with Crippen molar-refractivity contribution in [2.24, 2.45) is 0 Å². The summed E-state index contributed by atoms with van der Waals surface area (Å²) >= 11 is 0. The minimum absolute atomic E-state index is 0.623. The Morgan fingerprint density at radius 3 is 1.48 bits per heavy atom. The lowest BCUT2D eigenvalue weighted by molar-refractivity contribution is 0.669. The highest BCUT2D eigenvalue weighted by Gasteiger charge is 2.22. The van der Waals surface area contributed by atoms with E-state index < -0.39 is 0 Å². The summed E-state index contributed by atoms with van der Waals surface area (Å²) in [6.45, 7) is 0. The zero-order chi connectivity index (χ0) is 45.4. The van der Waals surface area contributed by atoms with Crippen LogP contribution in [0, 0.1) is 0 Å². The first-order valence-corrected chi connectivity index (χ1v) is 23.3. The SMILES string of the molecule is c1ccc(-c2nc(-c3ccccc3)nc(-c3cccc4c3c3cc(-c5ccc6c(c5)c5ccc(-c7cccc8oc9ccccc9c78)cc5n6-c5ccccc5)ccc3n4-c3ccccc3)n2)cc1. The monoisotopic (exact) mass is 881 g/mol. The molecule has 0 saturated heterocycles. The van der Waals surface area contributed by atoms with Crippen LogP contribution in [0.5, 0.6) is 0 Å². The van der Waals surface area contributed by atoms with E-state index in [-0.39, 0.29) is 0 Å². The Bertz CT molecular complexity index is 4230. The summed E-state index contributed by atoms with van der Waals surface area (Å²) in [7, 11) is 0. The van der Waals surface area contributed by atoms with Crippen molar-refractivity contribution >= 4 is 65.6 Å². The summed E-state index contributed by atoms with van der Waals surface area (Å²) in [6.07, 6.45) is 0. The number of hydrogen-bond acceptors (Lipinski definition) is 4.